The van der Waals surface area contributed by atoms with E-state index >= 15 is 0 Å². The fourth-order valence-electron chi connectivity index (χ4n) is 1.83. The number of aliphatic hydroxyl groups excluding tert-OH is 1. The molecule has 0 heterocycles. The van der Waals surface area contributed by atoms with Gasteiger partial charge in [0.25, 0.3) is 0 Å². The minimum absolute atomic E-state index is 0.0668. The highest BCUT2D eigenvalue weighted by molar-refractivity contribution is 5.79. The lowest BCUT2D eigenvalue weighted by Crippen LogP contribution is -2.48. The van der Waals surface area contributed by atoms with Crippen molar-refractivity contribution >= 4 is 5.91 Å². The molecule has 1 amide bonds. The van der Waals surface area contributed by atoms with Crippen LogP contribution in [0.2, 0.25) is 0 Å². The Labute approximate surface area is 92.5 Å². The van der Waals surface area contributed by atoms with E-state index in [1.165, 1.54) is 6.42 Å². The van der Waals surface area contributed by atoms with Crippen LogP contribution in [0.25, 0.3) is 0 Å². The van der Waals surface area contributed by atoms with Crippen molar-refractivity contribution < 1.29 is 9.90 Å². The maximum atomic E-state index is 12.1. The summed E-state index contributed by atoms with van der Waals surface area (Å²) in [7, 11) is 0. The van der Waals surface area contributed by atoms with Crippen molar-refractivity contribution in [2.45, 2.75) is 46.1 Å². The summed E-state index contributed by atoms with van der Waals surface area (Å²) in [5.41, 5.74) is 0. The van der Waals surface area contributed by atoms with Gasteiger partial charge in [-0.25, -0.2) is 0 Å². The van der Waals surface area contributed by atoms with Gasteiger partial charge in [-0.1, -0.05) is 20.8 Å². The molecule has 88 valence electrons. The van der Waals surface area contributed by atoms with E-state index in [2.05, 4.69) is 13.8 Å². The SMILES string of the molecule is CC(C)C(C)C(=O)N(CCO)C1CCC1. The lowest BCUT2D eigenvalue weighted by molar-refractivity contribution is -0.141. The monoisotopic (exact) mass is 213 g/mol. The largest absolute Gasteiger partial charge is 0.395 e. The standard InChI is InChI=1S/C12H23NO2/c1-9(2)10(3)12(15)13(7-8-14)11-5-4-6-11/h9-11,14H,4-8H2,1-3H3. The number of nitrogens with zero attached hydrogens (tertiary/aromatic N) is 1. The Bertz CT molecular complexity index is 212. The maximum absolute atomic E-state index is 12.1. The van der Waals surface area contributed by atoms with Crippen molar-refractivity contribution in [1.29, 1.82) is 0 Å². The van der Waals surface area contributed by atoms with Gasteiger partial charge in [0, 0.05) is 18.5 Å². The number of carbonyl (C=O) groups is 1. The fourth-order valence-corrected chi connectivity index (χ4v) is 1.83. The zero-order chi connectivity index (χ0) is 11.4. The summed E-state index contributed by atoms with van der Waals surface area (Å²) in [6.45, 7) is 6.70. The first-order chi connectivity index (χ1) is 7.07. The molecular weight excluding hydrogens is 190 g/mol. The van der Waals surface area contributed by atoms with Crippen LogP contribution in [0, 0.1) is 11.8 Å². The summed E-state index contributed by atoms with van der Waals surface area (Å²) in [5, 5.41) is 8.98. The Morgan fingerprint density at radius 2 is 2.00 bits per heavy atom. The van der Waals surface area contributed by atoms with Gasteiger partial charge in [-0.2, -0.15) is 0 Å². The van der Waals surface area contributed by atoms with Crippen LogP contribution < -0.4 is 0 Å². The van der Waals surface area contributed by atoms with Crippen LogP contribution in [0.1, 0.15) is 40.0 Å². The predicted molar refractivity (Wildman–Crippen MR) is 60.4 cm³/mol. The molecule has 0 aromatic rings. The van der Waals surface area contributed by atoms with Gasteiger partial charge in [0.1, 0.15) is 0 Å². The normalized spacial score (nSPS) is 18.7. The van der Waals surface area contributed by atoms with E-state index in [9.17, 15) is 4.79 Å². The summed E-state index contributed by atoms with van der Waals surface area (Å²) in [4.78, 5) is 14.0. The minimum atomic E-state index is 0.0668. The summed E-state index contributed by atoms with van der Waals surface area (Å²) in [5.74, 6) is 0.652. The highest BCUT2D eigenvalue weighted by Gasteiger charge is 2.31. The quantitative estimate of drug-likeness (QED) is 0.754. The molecule has 0 aromatic carbocycles. The van der Waals surface area contributed by atoms with Crippen molar-refractivity contribution in [2.75, 3.05) is 13.2 Å². The predicted octanol–water partition coefficient (Wildman–Crippen LogP) is 1.65. The van der Waals surface area contributed by atoms with Gasteiger partial charge in [0.15, 0.2) is 0 Å². The van der Waals surface area contributed by atoms with Crippen molar-refractivity contribution in [3.63, 3.8) is 0 Å². The van der Waals surface area contributed by atoms with E-state index in [0.717, 1.165) is 12.8 Å². The molecule has 1 rings (SSSR count). The summed E-state index contributed by atoms with van der Waals surface area (Å²) in [6, 6.07) is 0.394. The molecule has 1 aliphatic carbocycles. The highest BCUT2D eigenvalue weighted by atomic mass is 16.3. The second-order valence-corrected chi connectivity index (χ2v) is 4.87. The first-order valence-corrected chi connectivity index (χ1v) is 5.99. The third-order valence-electron chi connectivity index (χ3n) is 3.53. The van der Waals surface area contributed by atoms with Crippen LogP contribution in [0.15, 0.2) is 0 Å². The van der Waals surface area contributed by atoms with Gasteiger partial charge in [0.2, 0.25) is 5.91 Å². The van der Waals surface area contributed by atoms with E-state index in [-0.39, 0.29) is 18.4 Å². The maximum Gasteiger partial charge on any atom is 0.225 e. The van der Waals surface area contributed by atoms with Crippen molar-refractivity contribution in [1.82, 2.24) is 4.90 Å². The molecule has 1 aliphatic rings. The first-order valence-electron chi connectivity index (χ1n) is 5.99. The number of aliphatic hydroxyl groups is 1. The molecule has 15 heavy (non-hydrogen) atoms. The summed E-state index contributed by atoms with van der Waals surface area (Å²) >= 11 is 0. The molecule has 0 aromatic heterocycles. The minimum Gasteiger partial charge on any atom is -0.395 e. The van der Waals surface area contributed by atoms with Gasteiger partial charge in [-0.3, -0.25) is 4.79 Å². The molecule has 3 nitrogen and oxygen atoms in total. The Kier molecular flexibility index (Phi) is 4.58. The third-order valence-corrected chi connectivity index (χ3v) is 3.53. The zero-order valence-corrected chi connectivity index (χ0v) is 10.1. The van der Waals surface area contributed by atoms with Crippen LogP contribution in [0.5, 0.6) is 0 Å². The Morgan fingerprint density at radius 1 is 1.40 bits per heavy atom. The molecule has 1 N–H and O–H groups in total. The molecule has 3 heteroatoms. The van der Waals surface area contributed by atoms with Gasteiger partial charge in [-0.05, 0) is 25.2 Å². The average molecular weight is 213 g/mol. The van der Waals surface area contributed by atoms with Crippen LogP contribution in [-0.4, -0.2) is 35.1 Å². The second-order valence-electron chi connectivity index (χ2n) is 4.87. The number of rotatable bonds is 5. The molecule has 0 radical (unpaired) electrons. The van der Waals surface area contributed by atoms with Crippen LogP contribution >= 0.6 is 0 Å². The van der Waals surface area contributed by atoms with Crippen molar-refractivity contribution in [3.8, 4) is 0 Å². The Hall–Kier alpha value is -0.570. The molecule has 1 unspecified atom stereocenters. The third kappa shape index (κ3) is 2.94. The van der Waals surface area contributed by atoms with Crippen LogP contribution in [0.4, 0.5) is 0 Å². The van der Waals surface area contributed by atoms with E-state index in [4.69, 9.17) is 5.11 Å². The van der Waals surface area contributed by atoms with E-state index in [0.29, 0.717) is 18.5 Å². The van der Waals surface area contributed by atoms with E-state index in [1.54, 1.807) is 0 Å². The smallest absolute Gasteiger partial charge is 0.225 e. The molecule has 1 saturated carbocycles. The van der Waals surface area contributed by atoms with Gasteiger partial charge >= 0.3 is 0 Å². The molecule has 0 aliphatic heterocycles. The summed E-state index contributed by atoms with van der Waals surface area (Å²) in [6.07, 6.45) is 3.43. The number of hydrogen-bond donors (Lipinski definition) is 1. The zero-order valence-electron chi connectivity index (χ0n) is 10.1. The van der Waals surface area contributed by atoms with Crippen molar-refractivity contribution in [2.24, 2.45) is 11.8 Å². The highest BCUT2D eigenvalue weighted by Crippen LogP contribution is 2.27. The van der Waals surface area contributed by atoms with E-state index in [1.807, 2.05) is 11.8 Å². The lowest BCUT2D eigenvalue weighted by Gasteiger charge is -2.39. The molecule has 0 spiro atoms. The number of hydrogen-bond acceptors (Lipinski definition) is 2. The van der Waals surface area contributed by atoms with Crippen LogP contribution in [-0.2, 0) is 4.79 Å². The van der Waals surface area contributed by atoms with Gasteiger partial charge < -0.3 is 10.0 Å². The average Bonchev–Trinajstić information content (AvgIpc) is 2.12. The second kappa shape index (κ2) is 5.50. The fraction of sp³-hybridized carbons (Fsp3) is 0.917. The van der Waals surface area contributed by atoms with Crippen molar-refractivity contribution in [3.05, 3.63) is 0 Å². The van der Waals surface area contributed by atoms with Gasteiger partial charge in [-0.15, -0.1) is 0 Å². The molecular formula is C12H23NO2. The number of carbonyl (C=O) groups excluding carboxylic acids is 1. The van der Waals surface area contributed by atoms with Crippen LogP contribution in [0.3, 0.4) is 0 Å². The van der Waals surface area contributed by atoms with E-state index < -0.39 is 0 Å². The Morgan fingerprint density at radius 3 is 2.33 bits per heavy atom. The topological polar surface area (TPSA) is 40.5 Å². The Balaban J connectivity index is 2.57. The molecule has 0 bridgehead atoms. The summed E-state index contributed by atoms with van der Waals surface area (Å²) < 4.78 is 0. The lowest BCUT2D eigenvalue weighted by atomic mass is 9.89. The number of amides is 1. The molecule has 0 saturated heterocycles. The first kappa shape index (κ1) is 12.5. The molecule has 1 atom stereocenters. The van der Waals surface area contributed by atoms with Gasteiger partial charge in [0.05, 0.1) is 6.61 Å². The molecule has 1 fully saturated rings.